The van der Waals surface area contributed by atoms with Gasteiger partial charge in [0.1, 0.15) is 5.82 Å². The van der Waals surface area contributed by atoms with Crippen molar-refractivity contribution in [3.63, 3.8) is 0 Å². The molecule has 0 bridgehead atoms. The summed E-state index contributed by atoms with van der Waals surface area (Å²) in [4.78, 5) is 1.77. The highest BCUT2D eigenvalue weighted by Crippen LogP contribution is 2.27. The minimum absolute atomic E-state index is 0.0462. The molecule has 0 spiro atoms. The molecule has 0 amide bonds. The lowest BCUT2D eigenvalue weighted by atomic mass is 10.1. The van der Waals surface area contributed by atoms with E-state index in [0.29, 0.717) is 17.8 Å². The van der Waals surface area contributed by atoms with Crippen molar-refractivity contribution in [2.24, 2.45) is 0 Å². The predicted octanol–water partition coefficient (Wildman–Crippen LogP) is 1.50. The summed E-state index contributed by atoms with van der Waals surface area (Å²) in [7, 11) is -3.01. The van der Waals surface area contributed by atoms with Crippen molar-refractivity contribution in [2.45, 2.75) is 26.0 Å². The van der Waals surface area contributed by atoms with Gasteiger partial charge in [0.05, 0.1) is 23.3 Å². The zero-order valence-electron chi connectivity index (χ0n) is 11.0. The first-order chi connectivity index (χ1) is 8.80. The lowest BCUT2D eigenvalue weighted by Gasteiger charge is -2.35. The van der Waals surface area contributed by atoms with Gasteiger partial charge in [-0.1, -0.05) is 6.07 Å². The number of nitrogens with zero attached hydrogens (tertiary/aromatic N) is 1. The summed E-state index contributed by atoms with van der Waals surface area (Å²) in [6, 6.07) is 4.33. The zero-order chi connectivity index (χ0) is 14.2. The van der Waals surface area contributed by atoms with E-state index in [1.165, 1.54) is 6.07 Å². The second-order valence-electron chi connectivity index (χ2n) is 5.04. The Morgan fingerprint density at radius 2 is 2.16 bits per heavy atom. The molecule has 0 aromatic heterocycles. The minimum Gasteiger partial charge on any atom is -0.389 e. The van der Waals surface area contributed by atoms with Gasteiger partial charge in [-0.15, -0.1) is 0 Å². The first kappa shape index (κ1) is 14.3. The van der Waals surface area contributed by atoms with E-state index in [0.717, 1.165) is 0 Å². The molecule has 19 heavy (non-hydrogen) atoms. The Morgan fingerprint density at radius 3 is 2.68 bits per heavy atom. The number of benzene rings is 1. The summed E-state index contributed by atoms with van der Waals surface area (Å²) in [5.74, 6) is -0.330. The molecule has 106 valence electrons. The molecule has 2 rings (SSSR count). The van der Waals surface area contributed by atoms with Gasteiger partial charge >= 0.3 is 0 Å². The predicted molar refractivity (Wildman–Crippen MR) is 72.5 cm³/mol. The molecular weight excluding hydrogens is 269 g/mol. The highest BCUT2D eigenvalue weighted by molar-refractivity contribution is 7.91. The first-order valence-electron chi connectivity index (χ1n) is 6.25. The molecule has 6 heteroatoms. The summed E-state index contributed by atoms with van der Waals surface area (Å²) in [5, 5.41) is 9.41. The Hall–Kier alpha value is -1.14. The highest BCUT2D eigenvalue weighted by atomic mass is 32.2. The Kier molecular flexibility index (Phi) is 3.82. The average Bonchev–Trinajstić information content (AvgIpc) is 2.29. The highest BCUT2D eigenvalue weighted by Gasteiger charge is 2.29. The van der Waals surface area contributed by atoms with Crippen LogP contribution in [-0.4, -0.2) is 37.6 Å². The molecule has 1 saturated heterocycles. The molecule has 4 nitrogen and oxygen atoms in total. The van der Waals surface area contributed by atoms with Crippen LogP contribution in [0.2, 0.25) is 0 Å². The Bertz CT molecular complexity index is 571. The largest absolute Gasteiger partial charge is 0.389 e. The van der Waals surface area contributed by atoms with E-state index in [2.05, 4.69) is 0 Å². The molecule has 1 fully saturated rings. The van der Waals surface area contributed by atoms with E-state index in [4.69, 9.17) is 0 Å². The average molecular weight is 287 g/mol. The van der Waals surface area contributed by atoms with Crippen molar-refractivity contribution in [3.05, 3.63) is 29.6 Å². The van der Waals surface area contributed by atoms with Gasteiger partial charge in [-0.25, -0.2) is 12.8 Å². The Balaban J connectivity index is 2.28. The third-order valence-corrected chi connectivity index (χ3v) is 5.23. The van der Waals surface area contributed by atoms with Crippen molar-refractivity contribution >= 4 is 15.5 Å². The van der Waals surface area contributed by atoms with Crippen LogP contribution in [0.3, 0.4) is 0 Å². The van der Waals surface area contributed by atoms with Gasteiger partial charge in [-0.05, 0) is 31.5 Å². The standard InChI is InChI=1S/C13H18FNO3S/c1-9-8-19(17,18)6-5-15(9)13-4-3-11(10(2)16)7-12(13)14/h3-4,7,9-10,16H,5-6,8H2,1-2H3. The summed E-state index contributed by atoms with van der Waals surface area (Å²) in [6.45, 7) is 3.65. The summed E-state index contributed by atoms with van der Waals surface area (Å²) in [5.41, 5.74) is 0.908. The van der Waals surface area contributed by atoms with Gasteiger partial charge in [0.15, 0.2) is 9.84 Å². The van der Waals surface area contributed by atoms with Crippen LogP contribution in [0.1, 0.15) is 25.5 Å². The van der Waals surface area contributed by atoms with Crippen molar-refractivity contribution in [3.8, 4) is 0 Å². The maximum atomic E-state index is 14.1. The monoisotopic (exact) mass is 287 g/mol. The van der Waals surface area contributed by atoms with E-state index >= 15 is 0 Å². The van der Waals surface area contributed by atoms with Gasteiger partial charge in [0, 0.05) is 12.6 Å². The van der Waals surface area contributed by atoms with Crippen LogP contribution in [0.5, 0.6) is 0 Å². The lowest BCUT2D eigenvalue weighted by Crippen LogP contribution is -2.47. The number of anilines is 1. The number of sulfone groups is 1. The minimum atomic E-state index is -3.01. The van der Waals surface area contributed by atoms with Crippen LogP contribution in [0.25, 0.3) is 0 Å². The van der Waals surface area contributed by atoms with Gasteiger partial charge in [0.2, 0.25) is 0 Å². The fraction of sp³-hybridized carbons (Fsp3) is 0.538. The summed E-state index contributed by atoms with van der Waals surface area (Å²) in [6.07, 6.45) is -0.720. The normalized spacial score (nSPS) is 24.2. The first-order valence-corrected chi connectivity index (χ1v) is 8.07. The summed E-state index contributed by atoms with van der Waals surface area (Å²) >= 11 is 0. The maximum absolute atomic E-state index is 14.1. The van der Waals surface area contributed by atoms with Gasteiger partial charge in [-0.2, -0.15) is 0 Å². The Labute approximate surface area is 112 Å². The van der Waals surface area contributed by atoms with Crippen LogP contribution < -0.4 is 4.90 Å². The molecule has 0 radical (unpaired) electrons. The van der Waals surface area contributed by atoms with Crippen molar-refractivity contribution in [2.75, 3.05) is 23.0 Å². The second kappa shape index (κ2) is 5.09. The van der Waals surface area contributed by atoms with E-state index in [9.17, 15) is 17.9 Å². The van der Waals surface area contributed by atoms with E-state index in [-0.39, 0.29) is 17.5 Å². The molecule has 1 N–H and O–H groups in total. The third-order valence-electron chi connectivity index (χ3n) is 3.43. The number of aliphatic hydroxyl groups is 1. The number of halogens is 1. The molecule has 2 atom stereocenters. The van der Waals surface area contributed by atoms with Gasteiger partial charge in [-0.3, -0.25) is 0 Å². The molecule has 1 aromatic carbocycles. The number of hydrogen-bond donors (Lipinski definition) is 1. The van der Waals surface area contributed by atoms with Crippen LogP contribution in [0, 0.1) is 5.82 Å². The Morgan fingerprint density at radius 1 is 1.47 bits per heavy atom. The third kappa shape index (κ3) is 3.06. The fourth-order valence-corrected chi connectivity index (χ4v) is 3.93. The quantitative estimate of drug-likeness (QED) is 0.895. The van der Waals surface area contributed by atoms with Crippen molar-refractivity contribution < 1.29 is 17.9 Å². The summed E-state index contributed by atoms with van der Waals surface area (Å²) < 4.78 is 37.1. The van der Waals surface area contributed by atoms with Gasteiger partial charge < -0.3 is 10.0 Å². The lowest BCUT2D eigenvalue weighted by molar-refractivity contribution is 0.199. The number of hydrogen-bond acceptors (Lipinski definition) is 4. The van der Waals surface area contributed by atoms with E-state index in [1.807, 2.05) is 0 Å². The molecule has 0 saturated carbocycles. The number of rotatable bonds is 2. The van der Waals surface area contributed by atoms with Crippen LogP contribution in [0.4, 0.5) is 10.1 Å². The van der Waals surface area contributed by atoms with Crippen LogP contribution in [-0.2, 0) is 9.84 Å². The maximum Gasteiger partial charge on any atom is 0.154 e. The van der Waals surface area contributed by atoms with Crippen LogP contribution in [0.15, 0.2) is 18.2 Å². The van der Waals surface area contributed by atoms with Crippen molar-refractivity contribution in [1.29, 1.82) is 0 Å². The molecule has 1 heterocycles. The second-order valence-corrected chi connectivity index (χ2v) is 7.27. The molecule has 1 aliphatic heterocycles. The fourth-order valence-electron chi connectivity index (χ4n) is 2.37. The molecule has 0 aliphatic carbocycles. The molecule has 1 aromatic rings. The molecule has 1 aliphatic rings. The topological polar surface area (TPSA) is 57.6 Å². The SMILES string of the molecule is CC(O)c1ccc(N2CCS(=O)(=O)CC2C)c(F)c1. The smallest absolute Gasteiger partial charge is 0.154 e. The number of aliphatic hydroxyl groups excluding tert-OH is 1. The van der Waals surface area contributed by atoms with E-state index < -0.39 is 21.8 Å². The van der Waals surface area contributed by atoms with Crippen LogP contribution >= 0.6 is 0 Å². The molecule has 2 unspecified atom stereocenters. The zero-order valence-corrected chi connectivity index (χ0v) is 11.8. The van der Waals surface area contributed by atoms with Gasteiger partial charge in [0.25, 0.3) is 0 Å². The van der Waals surface area contributed by atoms with Crippen molar-refractivity contribution in [1.82, 2.24) is 0 Å². The molecular formula is C13H18FNO3S. The van der Waals surface area contributed by atoms with E-state index in [1.54, 1.807) is 30.9 Å².